The zero-order valence-corrected chi connectivity index (χ0v) is 30.5. The Bertz CT molecular complexity index is 1460. The molecule has 15 heteroatoms. The summed E-state index contributed by atoms with van der Waals surface area (Å²) in [6.07, 6.45) is 0.366. The topological polar surface area (TPSA) is 100 Å². The van der Waals surface area contributed by atoms with Crippen molar-refractivity contribution in [2.24, 2.45) is 5.92 Å². The number of hydrogen-bond acceptors (Lipinski definition) is 7. The average molecular weight is 697 g/mol. The first-order valence-electron chi connectivity index (χ1n) is 16.6. The minimum Gasteiger partial charge on any atom is -0.444 e. The summed E-state index contributed by atoms with van der Waals surface area (Å²) in [5.41, 5.74) is 0.916. The van der Waals surface area contributed by atoms with Crippen molar-refractivity contribution in [2.45, 2.75) is 96.7 Å². The Labute approximate surface area is 282 Å². The Morgan fingerprint density at radius 1 is 1.08 bits per heavy atom. The molecule has 1 saturated carbocycles. The number of amides is 3. The van der Waals surface area contributed by atoms with E-state index in [0.29, 0.717) is 50.2 Å². The fourth-order valence-electron chi connectivity index (χ4n) is 6.15. The lowest BCUT2D eigenvalue weighted by Crippen LogP contribution is -2.54. The number of fused-ring (bicyclic) bond motifs is 3. The molecule has 0 aromatic carbocycles. The summed E-state index contributed by atoms with van der Waals surface area (Å²) >= 11 is 0. The van der Waals surface area contributed by atoms with Crippen LogP contribution in [-0.2, 0) is 21.0 Å². The van der Waals surface area contributed by atoms with Gasteiger partial charge in [0.15, 0.2) is 0 Å². The van der Waals surface area contributed by atoms with Crippen LogP contribution in [0.25, 0.3) is 11.0 Å². The lowest BCUT2D eigenvalue weighted by atomic mass is 9.84. The van der Waals surface area contributed by atoms with E-state index in [1.165, 1.54) is 9.80 Å². The van der Waals surface area contributed by atoms with Gasteiger partial charge in [0.05, 0.1) is 17.9 Å². The first-order valence-corrected chi connectivity index (χ1v) is 20.3. The number of carbonyl (C=O) groups excluding carboxylic acids is 3. The van der Waals surface area contributed by atoms with Gasteiger partial charge in [0.2, 0.25) is 5.91 Å². The number of halogens is 3. The first-order chi connectivity index (χ1) is 22.2. The van der Waals surface area contributed by atoms with Gasteiger partial charge in [-0.05, 0) is 64.5 Å². The molecule has 2 aliphatic rings. The summed E-state index contributed by atoms with van der Waals surface area (Å²) in [7, 11) is 2.03. The van der Waals surface area contributed by atoms with Crippen LogP contribution < -0.4 is 4.90 Å². The zero-order valence-electron chi connectivity index (χ0n) is 29.5. The van der Waals surface area contributed by atoms with Crippen molar-refractivity contribution in [1.82, 2.24) is 24.3 Å². The molecule has 2 aromatic heterocycles. The molecule has 1 fully saturated rings. The van der Waals surface area contributed by atoms with Gasteiger partial charge in [-0.1, -0.05) is 19.6 Å². The van der Waals surface area contributed by atoms with Crippen LogP contribution >= 0.6 is 0 Å². The van der Waals surface area contributed by atoms with Crippen molar-refractivity contribution in [3.63, 3.8) is 0 Å². The van der Waals surface area contributed by atoms with E-state index in [-0.39, 0.29) is 43.5 Å². The van der Waals surface area contributed by atoms with E-state index in [1.54, 1.807) is 41.1 Å². The van der Waals surface area contributed by atoms with Crippen LogP contribution in [-0.4, -0.2) is 115 Å². The van der Waals surface area contributed by atoms with Crippen LogP contribution in [0.1, 0.15) is 56.8 Å². The van der Waals surface area contributed by atoms with Gasteiger partial charge in [-0.2, -0.15) is 13.2 Å². The van der Waals surface area contributed by atoms with Crippen LogP contribution in [0, 0.1) is 5.92 Å². The Morgan fingerprint density at radius 3 is 2.33 bits per heavy atom. The second-order valence-corrected chi connectivity index (χ2v) is 21.1. The van der Waals surface area contributed by atoms with Crippen LogP contribution in [0.3, 0.4) is 0 Å². The average Bonchev–Trinajstić information content (AvgIpc) is 3.37. The Hall–Kier alpha value is -3.33. The summed E-state index contributed by atoms with van der Waals surface area (Å²) in [6, 6.07) is 2.92. The fraction of sp³-hybridized carbons (Fsp3) is 0.697. The SMILES string of the molecule is CN(C)C(=O)CN1CN(C2CCC(CN(CC(F)(F)F)C(=O)OC(C)(C)C)CC2)c2c(cnc3c2ccn3COCC[Si](C)(C)C)C1=O. The molecule has 0 saturated heterocycles. The molecule has 0 atom stereocenters. The number of rotatable bonds is 11. The smallest absolute Gasteiger partial charge is 0.410 e. The van der Waals surface area contributed by atoms with Crippen molar-refractivity contribution in [3.8, 4) is 0 Å². The number of hydrogen-bond donors (Lipinski definition) is 0. The number of aromatic nitrogens is 2. The zero-order chi connectivity index (χ0) is 35.6. The van der Waals surface area contributed by atoms with Gasteiger partial charge in [-0.15, -0.1) is 0 Å². The molecule has 268 valence electrons. The highest BCUT2D eigenvalue weighted by molar-refractivity contribution is 6.76. The largest absolute Gasteiger partial charge is 0.444 e. The molecular formula is C33H51F3N6O5Si. The van der Waals surface area contributed by atoms with E-state index in [1.807, 2.05) is 16.8 Å². The van der Waals surface area contributed by atoms with Crippen molar-refractivity contribution < 1.29 is 37.0 Å². The van der Waals surface area contributed by atoms with Gasteiger partial charge in [-0.3, -0.25) is 14.5 Å². The minimum absolute atomic E-state index is 0.0513. The quantitative estimate of drug-likeness (QED) is 0.210. The highest BCUT2D eigenvalue weighted by atomic mass is 28.3. The summed E-state index contributed by atoms with van der Waals surface area (Å²) in [6.45, 7) is 11.4. The van der Waals surface area contributed by atoms with E-state index < -0.39 is 32.5 Å². The van der Waals surface area contributed by atoms with Crippen molar-refractivity contribution in [1.29, 1.82) is 0 Å². The molecule has 3 heterocycles. The van der Waals surface area contributed by atoms with Gasteiger partial charge in [0.1, 0.15) is 31.1 Å². The molecule has 0 bridgehead atoms. The maximum absolute atomic E-state index is 13.7. The van der Waals surface area contributed by atoms with Crippen LogP contribution in [0.5, 0.6) is 0 Å². The first kappa shape index (κ1) is 37.5. The van der Waals surface area contributed by atoms with Crippen molar-refractivity contribution in [2.75, 3.05) is 51.9 Å². The number of alkyl halides is 3. The van der Waals surface area contributed by atoms with Crippen LogP contribution in [0.15, 0.2) is 18.5 Å². The van der Waals surface area contributed by atoms with Gasteiger partial charge < -0.3 is 28.7 Å². The third-order valence-electron chi connectivity index (χ3n) is 8.70. The molecule has 4 rings (SSSR count). The van der Waals surface area contributed by atoms with Crippen molar-refractivity contribution >= 4 is 42.7 Å². The third kappa shape index (κ3) is 9.86. The second kappa shape index (κ2) is 14.6. The van der Waals surface area contributed by atoms with E-state index in [4.69, 9.17) is 9.47 Å². The maximum atomic E-state index is 13.7. The van der Waals surface area contributed by atoms with E-state index in [2.05, 4.69) is 29.5 Å². The maximum Gasteiger partial charge on any atom is 0.410 e. The number of pyridine rings is 1. The lowest BCUT2D eigenvalue weighted by Gasteiger charge is -2.45. The summed E-state index contributed by atoms with van der Waals surface area (Å²) in [5, 5.41) is 0.802. The monoisotopic (exact) mass is 696 g/mol. The number of anilines is 1. The highest BCUT2D eigenvalue weighted by Gasteiger charge is 2.40. The third-order valence-corrected chi connectivity index (χ3v) is 10.4. The molecule has 1 aliphatic carbocycles. The van der Waals surface area contributed by atoms with E-state index in [9.17, 15) is 27.6 Å². The number of likely N-dealkylation sites (N-methyl/N-ethyl adjacent to an activating group) is 1. The summed E-state index contributed by atoms with van der Waals surface area (Å²) in [5.74, 6) is -0.642. The molecule has 11 nitrogen and oxygen atoms in total. The van der Waals surface area contributed by atoms with Crippen LogP contribution in [0.4, 0.5) is 23.7 Å². The van der Waals surface area contributed by atoms with E-state index >= 15 is 0 Å². The number of nitrogens with zero attached hydrogens (tertiary/aromatic N) is 6. The molecule has 0 radical (unpaired) electrons. The molecule has 3 amide bonds. The van der Waals surface area contributed by atoms with Crippen molar-refractivity contribution in [3.05, 3.63) is 24.0 Å². The van der Waals surface area contributed by atoms with Gasteiger partial charge in [0.25, 0.3) is 5.91 Å². The summed E-state index contributed by atoms with van der Waals surface area (Å²) in [4.78, 5) is 49.7. The standard InChI is InChI=1S/C33H51F3N6O5Si/c1-32(2,3)47-31(45)40(20-33(34,35)36)18-23-9-11-24(12-10-23)42-21-41(19-27(43)38(4)5)30(44)26-17-37-29-25(28(26)42)13-14-39(29)22-46-15-16-48(6,7)8/h13-14,17,23-24H,9-12,15-16,18-22H2,1-8H3. The minimum atomic E-state index is -4.55. The van der Waals surface area contributed by atoms with Gasteiger partial charge in [-0.25, -0.2) is 9.78 Å². The Morgan fingerprint density at radius 2 is 1.75 bits per heavy atom. The normalized spacial score (nSPS) is 19.0. The predicted molar refractivity (Wildman–Crippen MR) is 181 cm³/mol. The Kier molecular flexibility index (Phi) is 11.4. The number of carbonyl (C=O) groups is 3. The molecule has 0 unspecified atom stereocenters. The fourth-order valence-corrected chi connectivity index (χ4v) is 6.90. The lowest BCUT2D eigenvalue weighted by molar-refractivity contribution is -0.146. The second-order valence-electron chi connectivity index (χ2n) is 15.4. The highest BCUT2D eigenvalue weighted by Crippen LogP contribution is 2.40. The molecule has 0 spiro atoms. The van der Waals surface area contributed by atoms with Gasteiger partial charge >= 0.3 is 12.3 Å². The molecule has 1 aliphatic heterocycles. The predicted octanol–water partition coefficient (Wildman–Crippen LogP) is 6.01. The van der Waals surface area contributed by atoms with Crippen LogP contribution in [0.2, 0.25) is 25.7 Å². The molecule has 2 aromatic rings. The Balaban J connectivity index is 1.57. The van der Waals surface area contributed by atoms with Gasteiger partial charge in [0, 0.05) is 59.1 Å². The molecule has 48 heavy (non-hydrogen) atoms. The molecular weight excluding hydrogens is 645 g/mol. The van der Waals surface area contributed by atoms with E-state index in [0.717, 1.165) is 22.0 Å². The summed E-state index contributed by atoms with van der Waals surface area (Å²) < 4.78 is 53.5. The molecule has 0 N–H and O–H groups in total. The number of ether oxygens (including phenoxy) is 2.